The highest BCUT2D eigenvalue weighted by Gasteiger charge is 2.11. The van der Waals surface area contributed by atoms with Crippen LogP contribution in [0.3, 0.4) is 0 Å². The second-order valence-electron chi connectivity index (χ2n) is 4.70. The van der Waals surface area contributed by atoms with Crippen LogP contribution in [0.5, 0.6) is 0 Å². The Bertz CT molecular complexity index is 415. The lowest BCUT2D eigenvalue weighted by atomic mass is 10.2. The van der Waals surface area contributed by atoms with Crippen molar-refractivity contribution < 1.29 is 4.79 Å². The van der Waals surface area contributed by atoms with Gasteiger partial charge >= 0.3 is 0 Å². The summed E-state index contributed by atoms with van der Waals surface area (Å²) in [7, 11) is 0. The SMILES string of the molecule is CCCN(CCC)C(=O)CNc1ccc(C)c(Br)c1. The molecule has 1 N–H and O–H groups in total. The van der Waals surface area contributed by atoms with Crippen LogP contribution in [0.4, 0.5) is 5.69 Å². The van der Waals surface area contributed by atoms with Crippen molar-refractivity contribution in [2.24, 2.45) is 0 Å². The quantitative estimate of drug-likeness (QED) is 0.826. The highest BCUT2D eigenvalue weighted by atomic mass is 79.9. The minimum absolute atomic E-state index is 0.167. The summed E-state index contributed by atoms with van der Waals surface area (Å²) in [5, 5.41) is 3.19. The molecule has 0 radical (unpaired) electrons. The maximum Gasteiger partial charge on any atom is 0.241 e. The minimum atomic E-state index is 0.167. The fraction of sp³-hybridized carbons (Fsp3) is 0.533. The van der Waals surface area contributed by atoms with Gasteiger partial charge in [0.05, 0.1) is 6.54 Å². The number of rotatable bonds is 7. The Labute approximate surface area is 124 Å². The van der Waals surface area contributed by atoms with Crippen molar-refractivity contribution in [2.45, 2.75) is 33.6 Å². The van der Waals surface area contributed by atoms with Gasteiger partial charge in [0.1, 0.15) is 0 Å². The first-order valence-corrected chi connectivity index (χ1v) is 7.65. The first kappa shape index (κ1) is 16.0. The molecule has 0 atom stereocenters. The number of aryl methyl sites for hydroxylation is 1. The molecule has 0 fully saturated rings. The van der Waals surface area contributed by atoms with E-state index in [0.717, 1.165) is 36.1 Å². The molecule has 3 nitrogen and oxygen atoms in total. The lowest BCUT2D eigenvalue weighted by Gasteiger charge is -2.22. The van der Waals surface area contributed by atoms with E-state index >= 15 is 0 Å². The van der Waals surface area contributed by atoms with E-state index < -0.39 is 0 Å². The van der Waals surface area contributed by atoms with E-state index in [1.54, 1.807) is 0 Å². The Morgan fingerprint density at radius 1 is 1.26 bits per heavy atom. The van der Waals surface area contributed by atoms with E-state index in [4.69, 9.17) is 0 Å². The molecule has 0 saturated carbocycles. The van der Waals surface area contributed by atoms with Gasteiger partial charge in [0.2, 0.25) is 5.91 Å². The van der Waals surface area contributed by atoms with Crippen LogP contribution in [-0.4, -0.2) is 30.4 Å². The third-order valence-corrected chi connectivity index (χ3v) is 3.81. The summed E-state index contributed by atoms with van der Waals surface area (Å²) in [4.78, 5) is 14.0. The topological polar surface area (TPSA) is 32.3 Å². The summed E-state index contributed by atoms with van der Waals surface area (Å²) in [5.74, 6) is 0.167. The van der Waals surface area contributed by atoms with Crippen molar-refractivity contribution >= 4 is 27.5 Å². The molecule has 19 heavy (non-hydrogen) atoms. The van der Waals surface area contributed by atoms with Crippen LogP contribution in [0.15, 0.2) is 22.7 Å². The molecule has 1 aromatic carbocycles. The molecule has 1 aromatic rings. The smallest absolute Gasteiger partial charge is 0.241 e. The number of halogens is 1. The van der Waals surface area contributed by atoms with Crippen molar-refractivity contribution in [2.75, 3.05) is 25.0 Å². The molecule has 0 aliphatic rings. The zero-order valence-corrected chi connectivity index (χ0v) is 13.6. The highest BCUT2D eigenvalue weighted by Crippen LogP contribution is 2.20. The Kier molecular flexibility index (Phi) is 6.92. The molecule has 1 amide bonds. The number of anilines is 1. The zero-order chi connectivity index (χ0) is 14.3. The van der Waals surface area contributed by atoms with E-state index in [1.165, 1.54) is 5.56 Å². The van der Waals surface area contributed by atoms with Crippen LogP contribution in [0.1, 0.15) is 32.3 Å². The number of carbonyl (C=O) groups excluding carboxylic acids is 1. The van der Waals surface area contributed by atoms with E-state index in [0.29, 0.717) is 6.54 Å². The van der Waals surface area contributed by atoms with Crippen LogP contribution in [0.2, 0.25) is 0 Å². The van der Waals surface area contributed by atoms with Crippen molar-refractivity contribution in [1.29, 1.82) is 0 Å². The lowest BCUT2D eigenvalue weighted by molar-refractivity contribution is -0.129. The number of nitrogens with zero attached hydrogens (tertiary/aromatic N) is 1. The minimum Gasteiger partial charge on any atom is -0.376 e. The normalized spacial score (nSPS) is 10.3. The molecule has 106 valence electrons. The number of nitrogens with one attached hydrogen (secondary N) is 1. The molecule has 0 unspecified atom stereocenters. The standard InChI is InChI=1S/C15H23BrN2O/c1-4-8-18(9-5-2)15(19)11-17-13-7-6-12(3)14(16)10-13/h6-7,10,17H,4-5,8-9,11H2,1-3H3. The molecule has 0 aliphatic heterocycles. The molecular weight excluding hydrogens is 304 g/mol. The van der Waals surface area contributed by atoms with Crippen LogP contribution in [-0.2, 0) is 4.79 Å². The van der Waals surface area contributed by atoms with Gasteiger partial charge in [-0.3, -0.25) is 4.79 Å². The van der Waals surface area contributed by atoms with Crippen molar-refractivity contribution in [3.8, 4) is 0 Å². The van der Waals surface area contributed by atoms with Gasteiger partial charge in [-0.1, -0.05) is 35.8 Å². The molecule has 0 saturated heterocycles. The van der Waals surface area contributed by atoms with Crippen molar-refractivity contribution in [3.63, 3.8) is 0 Å². The Morgan fingerprint density at radius 2 is 1.89 bits per heavy atom. The van der Waals surface area contributed by atoms with Crippen LogP contribution in [0, 0.1) is 6.92 Å². The van der Waals surface area contributed by atoms with Gasteiger partial charge < -0.3 is 10.2 Å². The molecular formula is C15H23BrN2O. The van der Waals surface area contributed by atoms with Gasteiger partial charge in [-0.15, -0.1) is 0 Å². The summed E-state index contributed by atoms with van der Waals surface area (Å²) in [5.41, 5.74) is 2.16. The van der Waals surface area contributed by atoms with Crippen molar-refractivity contribution in [1.82, 2.24) is 4.90 Å². The average molecular weight is 327 g/mol. The summed E-state index contributed by atoms with van der Waals surface area (Å²) < 4.78 is 1.06. The van der Waals surface area contributed by atoms with E-state index in [-0.39, 0.29) is 5.91 Å². The molecule has 0 aromatic heterocycles. The largest absolute Gasteiger partial charge is 0.376 e. The van der Waals surface area contributed by atoms with Gasteiger partial charge in [-0.25, -0.2) is 0 Å². The number of carbonyl (C=O) groups is 1. The number of hydrogen-bond donors (Lipinski definition) is 1. The van der Waals surface area contributed by atoms with E-state index in [1.807, 2.05) is 30.0 Å². The van der Waals surface area contributed by atoms with Gasteiger partial charge in [-0.05, 0) is 37.5 Å². The van der Waals surface area contributed by atoms with Crippen molar-refractivity contribution in [3.05, 3.63) is 28.2 Å². The Hall–Kier alpha value is -1.03. The van der Waals surface area contributed by atoms with Gasteiger partial charge in [0.15, 0.2) is 0 Å². The second-order valence-corrected chi connectivity index (χ2v) is 5.55. The van der Waals surface area contributed by atoms with E-state index in [2.05, 4.69) is 35.1 Å². The molecule has 4 heteroatoms. The summed E-state index contributed by atoms with van der Waals surface area (Å²) in [6.07, 6.45) is 2.00. The fourth-order valence-corrected chi connectivity index (χ4v) is 2.27. The second kappa shape index (κ2) is 8.20. The zero-order valence-electron chi connectivity index (χ0n) is 12.0. The number of benzene rings is 1. The predicted molar refractivity (Wildman–Crippen MR) is 84.5 cm³/mol. The predicted octanol–water partition coefficient (Wildman–Crippen LogP) is 3.82. The molecule has 0 aliphatic carbocycles. The molecule has 0 bridgehead atoms. The fourth-order valence-electron chi connectivity index (χ4n) is 1.89. The first-order chi connectivity index (χ1) is 9.08. The third kappa shape index (κ3) is 5.23. The number of hydrogen-bond acceptors (Lipinski definition) is 2. The first-order valence-electron chi connectivity index (χ1n) is 6.86. The van der Waals surface area contributed by atoms with E-state index in [9.17, 15) is 4.79 Å². The van der Waals surface area contributed by atoms with Gasteiger partial charge in [-0.2, -0.15) is 0 Å². The summed E-state index contributed by atoms with van der Waals surface area (Å²) in [6, 6.07) is 6.04. The third-order valence-electron chi connectivity index (χ3n) is 2.96. The maximum atomic E-state index is 12.1. The van der Waals surface area contributed by atoms with Gasteiger partial charge in [0.25, 0.3) is 0 Å². The van der Waals surface area contributed by atoms with Crippen LogP contribution in [0.25, 0.3) is 0 Å². The molecule has 0 heterocycles. The molecule has 1 rings (SSSR count). The average Bonchev–Trinajstić information content (AvgIpc) is 2.39. The number of amides is 1. The van der Waals surface area contributed by atoms with Crippen LogP contribution >= 0.6 is 15.9 Å². The monoisotopic (exact) mass is 326 g/mol. The maximum absolute atomic E-state index is 12.1. The Balaban J connectivity index is 2.54. The summed E-state index contributed by atoms with van der Waals surface area (Å²) in [6.45, 7) is 8.28. The summed E-state index contributed by atoms with van der Waals surface area (Å²) >= 11 is 3.50. The highest BCUT2D eigenvalue weighted by molar-refractivity contribution is 9.10. The molecule has 0 spiro atoms. The Morgan fingerprint density at radius 3 is 2.42 bits per heavy atom. The van der Waals surface area contributed by atoms with Crippen LogP contribution < -0.4 is 5.32 Å². The van der Waals surface area contributed by atoms with Gasteiger partial charge in [0, 0.05) is 23.2 Å². The lowest BCUT2D eigenvalue weighted by Crippen LogP contribution is -2.36.